The highest BCUT2D eigenvalue weighted by atomic mass is 16.2. The van der Waals surface area contributed by atoms with Crippen molar-refractivity contribution in [2.45, 2.75) is 38.8 Å². The van der Waals surface area contributed by atoms with Crippen molar-refractivity contribution in [2.24, 2.45) is 0 Å². The summed E-state index contributed by atoms with van der Waals surface area (Å²) in [6.45, 7) is 4.39. The van der Waals surface area contributed by atoms with Crippen LogP contribution in [0.5, 0.6) is 0 Å². The van der Waals surface area contributed by atoms with Gasteiger partial charge in [-0.1, -0.05) is 6.07 Å². The van der Waals surface area contributed by atoms with E-state index in [0.717, 1.165) is 43.7 Å². The molecule has 2 aromatic rings. The molecule has 1 aliphatic rings. The molecule has 1 aliphatic heterocycles. The fourth-order valence-electron chi connectivity index (χ4n) is 3.07. The molecule has 2 N–H and O–H groups in total. The highest BCUT2D eigenvalue weighted by Gasteiger charge is 2.27. The highest BCUT2D eigenvalue weighted by Crippen LogP contribution is 2.20. The third kappa shape index (κ3) is 3.76. The Morgan fingerprint density at radius 1 is 1.35 bits per heavy atom. The smallest absolute Gasteiger partial charge is 0.257 e. The summed E-state index contributed by atoms with van der Waals surface area (Å²) < 4.78 is 0. The van der Waals surface area contributed by atoms with Crippen molar-refractivity contribution in [2.75, 3.05) is 13.1 Å². The minimum absolute atomic E-state index is 0.0359. The van der Waals surface area contributed by atoms with Crippen LogP contribution in [0.3, 0.4) is 0 Å². The summed E-state index contributed by atoms with van der Waals surface area (Å²) in [5.41, 5.74) is 2.38. The van der Waals surface area contributed by atoms with Crippen molar-refractivity contribution >= 4 is 5.91 Å². The monoisotopic (exact) mass is 313 g/mol. The van der Waals surface area contributed by atoms with Crippen molar-refractivity contribution < 1.29 is 4.79 Å². The second kappa shape index (κ2) is 7.37. The summed E-state index contributed by atoms with van der Waals surface area (Å²) in [5.74, 6) is 0.0359. The van der Waals surface area contributed by atoms with Crippen molar-refractivity contribution in [3.05, 3.63) is 47.5 Å². The number of nitrogens with one attached hydrogen (secondary N) is 2. The Morgan fingerprint density at radius 2 is 2.26 bits per heavy atom. The number of aromatic nitrogens is 3. The zero-order chi connectivity index (χ0) is 16.1. The fraction of sp³-hybridized carbons (Fsp3) is 0.471. The molecule has 0 spiro atoms. The van der Waals surface area contributed by atoms with E-state index in [0.29, 0.717) is 12.1 Å². The molecular weight excluding hydrogens is 290 g/mol. The SMILES string of the molecule is Cc1[nH]ncc1C(=O)N(Cc1ccccn1)[C@@H]1CCCNCC1. The summed E-state index contributed by atoms with van der Waals surface area (Å²) in [4.78, 5) is 19.4. The Hall–Kier alpha value is -2.21. The zero-order valence-corrected chi connectivity index (χ0v) is 13.5. The van der Waals surface area contributed by atoms with Gasteiger partial charge in [-0.15, -0.1) is 0 Å². The van der Waals surface area contributed by atoms with E-state index in [4.69, 9.17) is 0 Å². The maximum Gasteiger partial charge on any atom is 0.257 e. The van der Waals surface area contributed by atoms with Gasteiger partial charge in [-0.05, 0) is 51.4 Å². The number of hydrogen-bond acceptors (Lipinski definition) is 4. The van der Waals surface area contributed by atoms with Crippen LogP contribution in [0.15, 0.2) is 30.6 Å². The highest BCUT2D eigenvalue weighted by molar-refractivity contribution is 5.95. The lowest BCUT2D eigenvalue weighted by atomic mass is 10.1. The van der Waals surface area contributed by atoms with Gasteiger partial charge in [0.05, 0.1) is 24.0 Å². The van der Waals surface area contributed by atoms with Crippen molar-refractivity contribution in [1.29, 1.82) is 0 Å². The van der Waals surface area contributed by atoms with E-state index in [1.54, 1.807) is 12.4 Å². The lowest BCUT2D eigenvalue weighted by Gasteiger charge is -2.31. The standard InChI is InChI=1S/C17H23N5O/c1-13-16(11-20-21-13)17(23)22(12-14-5-2-3-9-19-14)15-6-4-8-18-10-7-15/h2-3,5,9,11,15,18H,4,6-8,10,12H2,1H3,(H,20,21)/t15-/m1/s1. The van der Waals surface area contributed by atoms with E-state index in [9.17, 15) is 4.79 Å². The zero-order valence-electron chi connectivity index (χ0n) is 13.5. The van der Waals surface area contributed by atoms with E-state index in [1.165, 1.54) is 0 Å². The van der Waals surface area contributed by atoms with Gasteiger partial charge in [-0.3, -0.25) is 14.9 Å². The molecule has 2 aromatic heterocycles. The Labute approximate surface area is 136 Å². The van der Waals surface area contributed by atoms with Crippen molar-refractivity contribution in [3.8, 4) is 0 Å². The van der Waals surface area contributed by atoms with E-state index >= 15 is 0 Å². The number of aryl methyl sites for hydroxylation is 1. The van der Waals surface area contributed by atoms with Crippen LogP contribution >= 0.6 is 0 Å². The van der Waals surface area contributed by atoms with Gasteiger partial charge < -0.3 is 10.2 Å². The average Bonchev–Trinajstić information content (AvgIpc) is 2.84. The normalized spacial score (nSPS) is 18.4. The first-order chi connectivity index (χ1) is 11.3. The van der Waals surface area contributed by atoms with Gasteiger partial charge >= 0.3 is 0 Å². The summed E-state index contributed by atoms with van der Waals surface area (Å²) in [7, 11) is 0. The minimum atomic E-state index is 0.0359. The summed E-state index contributed by atoms with van der Waals surface area (Å²) >= 11 is 0. The molecule has 1 amide bonds. The summed E-state index contributed by atoms with van der Waals surface area (Å²) in [6, 6.07) is 6.06. The molecule has 0 saturated carbocycles. The van der Waals surface area contributed by atoms with Crippen LogP contribution in [0.25, 0.3) is 0 Å². The quantitative estimate of drug-likeness (QED) is 0.904. The van der Waals surface area contributed by atoms with E-state index < -0.39 is 0 Å². The molecule has 6 heteroatoms. The Morgan fingerprint density at radius 3 is 3.00 bits per heavy atom. The van der Waals surface area contributed by atoms with Crippen LogP contribution in [0.4, 0.5) is 0 Å². The minimum Gasteiger partial charge on any atom is -0.330 e. The van der Waals surface area contributed by atoms with Gasteiger partial charge in [0.1, 0.15) is 0 Å². The van der Waals surface area contributed by atoms with Gasteiger partial charge in [-0.25, -0.2) is 0 Å². The van der Waals surface area contributed by atoms with Gasteiger partial charge in [0.15, 0.2) is 0 Å². The number of amides is 1. The van der Waals surface area contributed by atoms with Crippen molar-refractivity contribution in [1.82, 2.24) is 25.4 Å². The molecular formula is C17H23N5O. The summed E-state index contributed by atoms with van der Waals surface area (Å²) in [5, 5.41) is 10.3. The number of carbonyl (C=O) groups is 1. The van der Waals surface area contributed by atoms with Gasteiger partial charge in [0, 0.05) is 17.9 Å². The van der Waals surface area contributed by atoms with Crippen LogP contribution in [0, 0.1) is 6.92 Å². The second-order valence-corrected chi connectivity index (χ2v) is 6.00. The number of aromatic amines is 1. The number of carbonyl (C=O) groups excluding carboxylic acids is 1. The molecule has 0 aliphatic carbocycles. The first-order valence-electron chi connectivity index (χ1n) is 8.17. The lowest BCUT2D eigenvalue weighted by molar-refractivity contribution is 0.0641. The largest absolute Gasteiger partial charge is 0.330 e. The van der Waals surface area contributed by atoms with Crippen LogP contribution in [0.1, 0.15) is 41.0 Å². The van der Waals surface area contributed by atoms with Crippen molar-refractivity contribution in [3.63, 3.8) is 0 Å². The van der Waals surface area contributed by atoms with Gasteiger partial charge in [0.25, 0.3) is 5.91 Å². The molecule has 1 atom stereocenters. The number of hydrogen-bond donors (Lipinski definition) is 2. The van der Waals surface area contributed by atoms with Crippen LogP contribution in [-0.4, -0.2) is 45.1 Å². The topological polar surface area (TPSA) is 73.9 Å². The van der Waals surface area contributed by atoms with Crippen LogP contribution < -0.4 is 5.32 Å². The number of nitrogens with zero attached hydrogens (tertiary/aromatic N) is 3. The predicted octanol–water partition coefficient (Wildman–Crippen LogP) is 1.90. The molecule has 3 rings (SSSR count). The predicted molar refractivity (Wildman–Crippen MR) is 87.9 cm³/mol. The molecule has 6 nitrogen and oxygen atoms in total. The fourth-order valence-corrected chi connectivity index (χ4v) is 3.07. The van der Waals surface area contributed by atoms with E-state index in [2.05, 4.69) is 20.5 Å². The first-order valence-corrected chi connectivity index (χ1v) is 8.17. The Balaban J connectivity index is 1.86. The Bertz CT molecular complexity index is 631. The molecule has 0 radical (unpaired) electrons. The van der Waals surface area contributed by atoms with Crippen LogP contribution in [0.2, 0.25) is 0 Å². The molecule has 0 bridgehead atoms. The molecule has 1 saturated heterocycles. The maximum absolute atomic E-state index is 13.1. The lowest BCUT2D eigenvalue weighted by Crippen LogP contribution is -2.40. The Kier molecular flexibility index (Phi) is 5.02. The first kappa shape index (κ1) is 15.7. The molecule has 1 fully saturated rings. The van der Waals surface area contributed by atoms with Gasteiger partial charge in [-0.2, -0.15) is 5.10 Å². The van der Waals surface area contributed by atoms with E-state index in [1.807, 2.05) is 30.0 Å². The van der Waals surface area contributed by atoms with Crippen LogP contribution in [-0.2, 0) is 6.54 Å². The third-order valence-electron chi connectivity index (χ3n) is 4.37. The number of pyridine rings is 1. The molecule has 0 unspecified atom stereocenters. The molecule has 0 aromatic carbocycles. The third-order valence-corrected chi connectivity index (χ3v) is 4.37. The second-order valence-electron chi connectivity index (χ2n) is 6.00. The maximum atomic E-state index is 13.1. The molecule has 23 heavy (non-hydrogen) atoms. The van der Waals surface area contributed by atoms with Gasteiger partial charge in [0.2, 0.25) is 0 Å². The molecule has 3 heterocycles. The molecule has 122 valence electrons. The average molecular weight is 313 g/mol. The van der Waals surface area contributed by atoms with E-state index in [-0.39, 0.29) is 11.9 Å². The number of rotatable bonds is 4. The number of H-pyrrole nitrogens is 1. The summed E-state index contributed by atoms with van der Waals surface area (Å²) in [6.07, 6.45) is 6.47.